The van der Waals surface area contributed by atoms with E-state index in [1.165, 1.54) is 66.0 Å². The van der Waals surface area contributed by atoms with Gasteiger partial charge in [-0.2, -0.15) is 0 Å². The summed E-state index contributed by atoms with van der Waals surface area (Å²) < 4.78 is 0. The molecule has 0 atom stereocenters. The molecule has 7 rings (SSSR count). The third-order valence-electron chi connectivity index (χ3n) is 7.34. The fraction of sp³-hybridized carbons (Fsp3) is 0.0968. The Labute approximate surface area is 187 Å². The first-order chi connectivity index (χ1) is 15.6. The summed E-state index contributed by atoms with van der Waals surface area (Å²) in [6.45, 7) is 4.78. The molecule has 0 amide bonds. The highest BCUT2D eigenvalue weighted by Crippen LogP contribution is 2.56. The average molecular weight is 410 g/mol. The molecule has 0 saturated carbocycles. The van der Waals surface area contributed by atoms with Crippen molar-refractivity contribution in [2.45, 2.75) is 19.3 Å². The van der Waals surface area contributed by atoms with E-state index in [1.54, 1.807) is 0 Å². The molecule has 1 heteroatoms. The number of benzene rings is 5. The highest BCUT2D eigenvalue weighted by Gasteiger charge is 2.41. The van der Waals surface area contributed by atoms with Crippen LogP contribution in [0.15, 0.2) is 97.1 Å². The molecule has 0 spiro atoms. The van der Waals surface area contributed by atoms with Gasteiger partial charge >= 0.3 is 0 Å². The lowest BCUT2D eigenvalue weighted by Crippen LogP contribution is -2.15. The van der Waals surface area contributed by atoms with Gasteiger partial charge in [0.15, 0.2) is 0 Å². The molecule has 5 aromatic carbocycles. The number of aromatic nitrogens is 1. The first kappa shape index (κ1) is 17.8. The monoisotopic (exact) mass is 409 g/mol. The Morgan fingerprint density at radius 3 is 1.91 bits per heavy atom. The molecule has 1 aliphatic carbocycles. The Hall–Kier alpha value is -3.84. The van der Waals surface area contributed by atoms with Crippen LogP contribution in [0.1, 0.15) is 25.0 Å². The fourth-order valence-corrected chi connectivity index (χ4v) is 6.01. The molecule has 32 heavy (non-hydrogen) atoms. The van der Waals surface area contributed by atoms with Gasteiger partial charge < -0.3 is 4.98 Å². The van der Waals surface area contributed by atoms with Crippen LogP contribution in [-0.4, -0.2) is 4.98 Å². The third-order valence-corrected chi connectivity index (χ3v) is 7.34. The van der Waals surface area contributed by atoms with Gasteiger partial charge in [0.05, 0.1) is 5.69 Å². The molecule has 0 radical (unpaired) electrons. The number of fused-ring (bicyclic) bond motifs is 10. The van der Waals surface area contributed by atoms with Gasteiger partial charge in [-0.05, 0) is 55.9 Å². The largest absolute Gasteiger partial charge is 0.354 e. The van der Waals surface area contributed by atoms with E-state index in [0.29, 0.717) is 0 Å². The van der Waals surface area contributed by atoms with Gasteiger partial charge in [-0.25, -0.2) is 0 Å². The third kappa shape index (κ3) is 2.18. The van der Waals surface area contributed by atoms with Crippen LogP contribution in [0.3, 0.4) is 0 Å². The maximum Gasteiger partial charge on any atom is 0.0515 e. The highest BCUT2D eigenvalue weighted by atomic mass is 14.8. The van der Waals surface area contributed by atoms with Gasteiger partial charge in [-0.1, -0.05) is 98.8 Å². The fourth-order valence-electron chi connectivity index (χ4n) is 6.01. The number of hydrogen-bond acceptors (Lipinski definition) is 0. The zero-order chi connectivity index (χ0) is 21.4. The lowest BCUT2D eigenvalue weighted by Gasteiger charge is -2.24. The summed E-state index contributed by atoms with van der Waals surface area (Å²) in [7, 11) is 0. The van der Waals surface area contributed by atoms with Gasteiger partial charge in [0.25, 0.3) is 0 Å². The van der Waals surface area contributed by atoms with Crippen LogP contribution >= 0.6 is 0 Å². The van der Waals surface area contributed by atoms with Gasteiger partial charge in [0.1, 0.15) is 0 Å². The lowest BCUT2D eigenvalue weighted by molar-refractivity contribution is 0.673. The van der Waals surface area contributed by atoms with E-state index in [9.17, 15) is 0 Å². The molecule has 152 valence electrons. The maximum absolute atomic E-state index is 3.82. The lowest BCUT2D eigenvalue weighted by atomic mass is 9.78. The summed E-state index contributed by atoms with van der Waals surface area (Å²) in [6, 6.07) is 35.3. The van der Waals surface area contributed by atoms with Crippen molar-refractivity contribution in [1.82, 2.24) is 4.98 Å². The molecular formula is C31H23N. The van der Waals surface area contributed by atoms with E-state index in [1.807, 2.05) is 0 Å². The Morgan fingerprint density at radius 1 is 0.531 bits per heavy atom. The van der Waals surface area contributed by atoms with Crippen molar-refractivity contribution in [1.29, 1.82) is 0 Å². The predicted molar refractivity (Wildman–Crippen MR) is 136 cm³/mol. The molecule has 0 bridgehead atoms. The van der Waals surface area contributed by atoms with Crippen LogP contribution in [0.2, 0.25) is 0 Å². The second-order valence-electron chi connectivity index (χ2n) is 9.47. The minimum absolute atomic E-state index is 0.0954. The molecule has 1 aliphatic rings. The molecule has 0 saturated heterocycles. The summed E-state index contributed by atoms with van der Waals surface area (Å²) in [6.07, 6.45) is 0. The van der Waals surface area contributed by atoms with E-state index in [4.69, 9.17) is 0 Å². The molecular weight excluding hydrogens is 386 g/mol. The van der Waals surface area contributed by atoms with Crippen molar-refractivity contribution >= 4 is 32.4 Å². The Kier molecular flexibility index (Phi) is 3.40. The zero-order valence-corrected chi connectivity index (χ0v) is 18.2. The molecule has 1 aromatic heterocycles. The van der Waals surface area contributed by atoms with E-state index >= 15 is 0 Å². The smallest absolute Gasteiger partial charge is 0.0515 e. The number of aromatic amines is 1. The topological polar surface area (TPSA) is 15.8 Å². The second kappa shape index (κ2) is 6.11. The predicted octanol–water partition coefficient (Wildman–Crippen LogP) is 8.45. The minimum atomic E-state index is -0.0954. The molecule has 1 nitrogen and oxygen atoms in total. The summed E-state index contributed by atoms with van der Waals surface area (Å²) in [5, 5.41) is 6.70. The SMILES string of the molecule is CC1(C)c2c([nH]c3ccc(-c4ccccc4)cc23)-c2c1c1ccccc1c1ccccc21. The van der Waals surface area contributed by atoms with E-state index in [-0.39, 0.29) is 5.41 Å². The van der Waals surface area contributed by atoms with Crippen LogP contribution in [0.25, 0.3) is 54.8 Å². The number of H-pyrrole nitrogens is 1. The van der Waals surface area contributed by atoms with Crippen molar-refractivity contribution in [3.05, 3.63) is 108 Å². The van der Waals surface area contributed by atoms with E-state index in [0.717, 1.165) is 0 Å². The number of nitrogens with one attached hydrogen (secondary N) is 1. The quantitative estimate of drug-likeness (QED) is 0.262. The summed E-state index contributed by atoms with van der Waals surface area (Å²) in [5.74, 6) is 0. The number of rotatable bonds is 1. The molecule has 6 aromatic rings. The Morgan fingerprint density at radius 2 is 1.16 bits per heavy atom. The molecule has 1 N–H and O–H groups in total. The summed E-state index contributed by atoms with van der Waals surface area (Å²) in [4.78, 5) is 3.82. The highest BCUT2D eigenvalue weighted by molar-refractivity contribution is 6.19. The van der Waals surface area contributed by atoms with Crippen molar-refractivity contribution in [2.24, 2.45) is 0 Å². The molecule has 0 unspecified atom stereocenters. The van der Waals surface area contributed by atoms with Crippen molar-refractivity contribution in [3.8, 4) is 22.4 Å². The maximum atomic E-state index is 3.82. The van der Waals surface area contributed by atoms with Gasteiger partial charge in [-0.3, -0.25) is 0 Å². The van der Waals surface area contributed by atoms with E-state index < -0.39 is 0 Å². The minimum Gasteiger partial charge on any atom is -0.354 e. The standard InChI is InChI=1S/C31H23N/c1-31(2)28-24-15-9-7-13-22(24)21-12-6-8-14-23(21)27(28)30-29(31)25-18-20(16-17-26(25)32-30)19-10-4-3-5-11-19/h3-18,32H,1-2H3. The normalized spacial score (nSPS) is 14.2. The molecule has 0 aliphatic heterocycles. The van der Waals surface area contributed by atoms with Gasteiger partial charge in [0.2, 0.25) is 0 Å². The summed E-state index contributed by atoms with van der Waals surface area (Å²) in [5.41, 5.74) is 9.16. The van der Waals surface area contributed by atoms with Gasteiger partial charge in [0, 0.05) is 21.9 Å². The number of hydrogen-bond donors (Lipinski definition) is 1. The summed E-state index contributed by atoms with van der Waals surface area (Å²) >= 11 is 0. The second-order valence-corrected chi connectivity index (χ2v) is 9.47. The molecule has 0 fully saturated rings. The van der Waals surface area contributed by atoms with E-state index in [2.05, 4.69) is 116 Å². The van der Waals surface area contributed by atoms with Crippen LogP contribution in [0.4, 0.5) is 0 Å². The zero-order valence-electron chi connectivity index (χ0n) is 18.2. The van der Waals surface area contributed by atoms with Crippen LogP contribution < -0.4 is 0 Å². The van der Waals surface area contributed by atoms with Crippen LogP contribution in [0.5, 0.6) is 0 Å². The average Bonchev–Trinajstić information content (AvgIpc) is 3.33. The van der Waals surface area contributed by atoms with Crippen molar-refractivity contribution in [3.63, 3.8) is 0 Å². The first-order valence-corrected chi connectivity index (χ1v) is 11.3. The first-order valence-electron chi connectivity index (χ1n) is 11.3. The Bertz CT molecular complexity index is 1680. The van der Waals surface area contributed by atoms with Crippen molar-refractivity contribution < 1.29 is 0 Å². The van der Waals surface area contributed by atoms with Crippen LogP contribution in [0, 0.1) is 0 Å². The van der Waals surface area contributed by atoms with Gasteiger partial charge in [-0.15, -0.1) is 0 Å². The molecule has 1 heterocycles. The Balaban J connectivity index is 1.63. The van der Waals surface area contributed by atoms with Crippen molar-refractivity contribution in [2.75, 3.05) is 0 Å². The van der Waals surface area contributed by atoms with Crippen LogP contribution in [-0.2, 0) is 5.41 Å².